The van der Waals surface area contributed by atoms with E-state index in [4.69, 9.17) is 4.74 Å². The van der Waals surface area contributed by atoms with Gasteiger partial charge >= 0.3 is 0 Å². The second-order valence-electron chi connectivity index (χ2n) is 5.35. The third-order valence-corrected chi connectivity index (χ3v) is 2.92. The van der Waals surface area contributed by atoms with Crippen LogP contribution in [0.25, 0.3) is 6.08 Å². The van der Waals surface area contributed by atoms with Gasteiger partial charge < -0.3 is 10.1 Å². The minimum atomic E-state index is 0.179. The largest absolute Gasteiger partial charge is 0.489 e. The number of hydrogen-bond donors (Lipinski definition) is 1. The second kappa shape index (κ2) is 8.76. The summed E-state index contributed by atoms with van der Waals surface area (Å²) in [6, 6.07) is 8.16. The molecule has 19 heavy (non-hydrogen) atoms. The predicted octanol–water partition coefficient (Wildman–Crippen LogP) is 4.12. The molecule has 0 bridgehead atoms. The van der Waals surface area contributed by atoms with Crippen LogP contribution in [0.15, 0.2) is 30.3 Å². The van der Waals surface area contributed by atoms with Gasteiger partial charge in [-0.05, 0) is 38.8 Å². The predicted molar refractivity (Wildman–Crippen MR) is 83.6 cm³/mol. The Hall–Kier alpha value is -1.28. The monoisotopic (exact) mass is 261 g/mol. The van der Waals surface area contributed by atoms with E-state index in [1.54, 1.807) is 0 Å². The van der Waals surface area contributed by atoms with Gasteiger partial charge in [0.25, 0.3) is 0 Å². The van der Waals surface area contributed by atoms with E-state index in [0.717, 1.165) is 30.3 Å². The van der Waals surface area contributed by atoms with Gasteiger partial charge in [-0.1, -0.05) is 44.2 Å². The molecule has 0 aliphatic rings. The summed E-state index contributed by atoms with van der Waals surface area (Å²) in [6.07, 6.45) is 5.50. The van der Waals surface area contributed by atoms with E-state index < -0.39 is 0 Å². The molecular weight excluding hydrogens is 234 g/mol. The normalized spacial score (nSPS) is 13.1. The fourth-order valence-electron chi connectivity index (χ4n) is 1.86. The van der Waals surface area contributed by atoms with Gasteiger partial charge in [0.1, 0.15) is 11.9 Å². The molecule has 2 nitrogen and oxygen atoms in total. The fourth-order valence-corrected chi connectivity index (χ4v) is 1.86. The van der Waals surface area contributed by atoms with Crippen LogP contribution in [-0.4, -0.2) is 19.2 Å². The summed E-state index contributed by atoms with van der Waals surface area (Å²) >= 11 is 0. The topological polar surface area (TPSA) is 21.3 Å². The highest BCUT2D eigenvalue weighted by Crippen LogP contribution is 2.20. The number of nitrogens with one attached hydrogen (secondary N) is 1. The average molecular weight is 261 g/mol. The van der Waals surface area contributed by atoms with E-state index in [-0.39, 0.29) is 6.10 Å². The Bertz CT molecular complexity index is 385. The number of hydrogen-bond acceptors (Lipinski definition) is 2. The lowest BCUT2D eigenvalue weighted by molar-refractivity contribution is 0.216. The highest BCUT2D eigenvalue weighted by atomic mass is 16.5. The van der Waals surface area contributed by atoms with Crippen LogP contribution in [0.2, 0.25) is 0 Å². The van der Waals surface area contributed by atoms with Gasteiger partial charge in [0.2, 0.25) is 0 Å². The summed E-state index contributed by atoms with van der Waals surface area (Å²) in [5, 5.41) is 3.45. The molecule has 0 aliphatic carbocycles. The number of rotatable bonds is 8. The lowest BCUT2D eigenvalue weighted by Crippen LogP contribution is -2.30. The zero-order chi connectivity index (χ0) is 14.1. The zero-order valence-corrected chi connectivity index (χ0v) is 12.6. The molecule has 106 valence electrons. The maximum atomic E-state index is 5.99. The van der Waals surface area contributed by atoms with E-state index in [1.807, 2.05) is 31.2 Å². The van der Waals surface area contributed by atoms with Gasteiger partial charge in [0, 0.05) is 12.1 Å². The first-order valence-corrected chi connectivity index (χ1v) is 7.22. The maximum Gasteiger partial charge on any atom is 0.126 e. The van der Waals surface area contributed by atoms with Crippen LogP contribution in [0.5, 0.6) is 5.75 Å². The van der Waals surface area contributed by atoms with Crippen molar-refractivity contribution in [2.24, 2.45) is 5.92 Å². The van der Waals surface area contributed by atoms with E-state index >= 15 is 0 Å². The van der Waals surface area contributed by atoms with Crippen molar-refractivity contribution in [3.8, 4) is 5.75 Å². The molecule has 0 aromatic heterocycles. The molecule has 1 aromatic rings. The van der Waals surface area contributed by atoms with Crippen LogP contribution in [0.3, 0.4) is 0 Å². The Morgan fingerprint density at radius 2 is 1.95 bits per heavy atom. The van der Waals surface area contributed by atoms with Crippen molar-refractivity contribution in [3.63, 3.8) is 0 Å². The standard InChI is InChI=1S/C17H27NO/c1-5-8-16-9-6-7-10-17(16)19-15(4)13-18-12-11-14(2)3/h5-10,14-15,18H,11-13H2,1-4H3. The first-order chi connectivity index (χ1) is 9.13. The van der Waals surface area contributed by atoms with Gasteiger partial charge in [-0.2, -0.15) is 0 Å². The molecule has 0 fully saturated rings. The van der Waals surface area contributed by atoms with Gasteiger partial charge in [0.15, 0.2) is 0 Å². The van der Waals surface area contributed by atoms with Gasteiger partial charge in [-0.25, -0.2) is 0 Å². The van der Waals surface area contributed by atoms with Crippen LogP contribution >= 0.6 is 0 Å². The van der Waals surface area contributed by atoms with Crippen molar-refractivity contribution < 1.29 is 4.74 Å². The quantitative estimate of drug-likeness (QED) is 0.711. The summed E-state index contributed by atoms with van der Waals surface area (Å²) in [5.74, 6) is 1.71. The van der Waals surface area contributed by atoms with Crippen molar-refractivity contribution in [2.75, 3.05) is 13.1 Å². The molecular formula is C17H27NO. The number of allylic oxidation sites excluding steroid dienone is 1. The van der Waals surface area contributed by atoms with E-state index in [1.165, 1.54) is 6.42 Å². The highest BCUT2D eigenvalue weighted by molar-refractivity contribution is 5.56. The minimum absolute atomic E-state index is 0.179. The van der Waals surface area contributed by atoms with Crippen molar-refractivity contribution in [1.29, 1.82) is 0 Å². The Balaban J connectivity index is 2.41. The van der Waals surface area contributed by atoms with Crippen LogP contribution in [-0.2, 0) is 0 Å². The number of ether oxygens (including phenoxy) is 1. The van der Waals surface area contributed by atoms with Gasteiger partial charge in [0.05, 0.1) is 0 Å². The Kier molecular flexibility index (Phi) is 7.27. The summed E-state index contributed by atoms with van der Waals surface area (Å²) < 4.78 is 5.99. The molecule has 2 heteroatoms. The van der Waals surface area contributed by atoms with Crippen molar-refractivity contribution >= 4 is 6.08 Å². The number of para-hydroxylation sites is 1. The Morgan fingerprint density at radius 3 is 2.63 bits per heavy atom. The zero-order valence-electron chi connectivity index (χ0n) is 12.6. The third-order valence-electron chi connectivity index (χ3n) is 2.92. The van der Waals surface area contributed by atoms with E-state index in [9.17, 15) is 0 Å². The number of benzene rings is 1. The van der Waals surface area contributed by atoms with Crippen LogP contribution in [0.1, 0.15) is 39.7 Å². The van der Waals surface area contributed by atoms with Crippen molar-refractivity contribution in [1.82, 2.24) is 5.32 Å². The van der Waals surface area contributed by atoms with Crippen molar-refractivity contribution in [3.05, 3.63) is 35.9 Å². The first-order valence-electron chi connectivity index (χ1n) is 7.22. The Labute approximate surface area is 117 Å². The molecule has 0 spiro atoms. The molecule has 1 atom stereocenters. The van der Waals surface area contributed by atoms with Crippen LogP contribution in [0.4, 0.5) is 0 Å². The molecule has 1 N–H and O–H groups in total. The van der Waals surface area contributed by atoms with Crippen molar-refractivity contribution in [2.45, 2.75) is 40.2 Å². The smallest absolute Gasteiger partial charge is 0.126 e. The van der Waals surface area contributed by atoms with Crippen LogP contribution in [0, 0.1) is 5.92 Å². The van der Waals surface area contributed by atoms with Gasteiger partial charge in [-0.15, -0.1) is 0 Å². The molecule has 0 heterocycles. The molecule has 0 radical (unpaired) electrons. The first kappa shape index (κ1) is 15.8. The SMILES string of the molecule is CC=Cc1ccccc1OC(C)CNCCC(C)C. The molecule has 0 saturated heterocycles. The fraction of sp³-hybridized carbons (Fsp3) is 0.529. The summed E-state index contributed by atoms with van der Waals surface area (Å²) in [5.41, 5.74) is 1.14. The second-order valence-corrected chi connectivity index (χ2v) is 5.35. The van der Waals surface area contributed by atoms with Crippen LogP contribution < -0.4 is 10.1 Å². The third kappa shape index (κ3) is 6.44. The Morgan fingerprint density at radius 1 is 1.21 bits per heavy atom. The van der Waals surface area contributed by atoms with Gasteiger partial charge in [-0.3, -0.25) is 0 Å². The summed E-state index contributed by atoms with van der Waals surface area (Å²) in [7, 11) is 0. The average Bonchev–Trinajstić information content (AvgIpc) is 2.37. The highest BCUT2D eigenvalue weighted by Gasteiger charge is 2.06. The molecule has 1 unspecified atom stereocenters. The van der Waals surface area contributed by atoms with E-state index in [2.05, 4.69) is 38.2 Å². The molecule has 1 aromatic carbocycles. The van der Waals surface area contributed by atoms with E-state index in [0.29, 0.717) is 0 Å². The molecule has 0 saturated carbocycles. The molecule has 0 aliphatic heterocycles. The maximum absolute atomic E-state index is 5.99. The minimum Gasteiger partial charge on any atom is -0.489 e. The molecule has 0 amide bonds. The lowest BCUT2D eigenvalue weighted by Gasteiger charge is -2.17. The molecule has 1 rings (SSSR count). The summed E-state index contributed by atoms with van der Waals surface area (Å²) in [6.45, 7) is 10.6. The lowest BCUT2D eigenvalue weighted by atomic mass is 10.1. The summed E-state index contributed by atoms with van der Waals surface area (Å²) in [4.78, 5) is 0.